The lowest BCUT2D eigenvalue weighted by atomic mass is 9.92. The topological polar surface area (TPSA) is 99.4 Å². The molecule has 0 saturated carbocycles. The van der Waals surface area contributed by atoms with Crippen molar-refractivity contribution in [2.45, 2.75) is 18.3 Å². The first-order valence-corrected chi connectivity index (χ1v) is 6.74. The summed E-state index contributed by atoms with van der Waals surface area (Å²) in [6.45, 7) is 0. The second-order valence-corrected chi connectivity index (χ2v) is 5.10. The Labute approximate surface area is 126 Å². The first-order chi connectivity index (χ1) is 10.5. The van der Waals surface area contributed by atoms with Crippen molar-refractivity contribution in [2.24, 2.45) is 0 Å². The van der Waals surface area contributed by atoms with Gasteiger partial charge in [0.05, 0.1) is 7.11 Å². The van der Waals surface area contributed by atoms with Gasteiger partial charge in [-0.05, 0) is 29.8 Å². The molecule has 0 bridgehead atoms. The van der Waals surface area contributed by atoms with Crippen molar-refractivity contribution in [3.05, 3.63) is 47.5 Å². The van der Waals surface area contributed by atoms with Gasteiger partial charge in [0.1, 0.15) is 18.0 Å². The summed E-state index contributed by atoms with van der Waals surface area (Å²) in [4.78, 5) is 0. The third-order valence-electron chi connectivity index (χ3n) is 3.74. The van der Waals surface area contributed by atoms with Crippen LogP contribution >= 0.6 is 0 Å². The van der Waals surface area contributed by atoms with Gasteiger partial charge in [-0.1, -0.05) is 12.1 Å². The summed E-state index contributed by atoms with van der Waals surface area (Å²) in [6, 6.07) is 8.97. The Morgan fingerprint density at radius 1 is 1.00 bits per heavy atom. The first kappa shape index (κ1) is 14.5. The van der Waals surface area contributed by atoms with Crippen LogP contribution in [0.15, 0.2) is 36.4 Å². The minimum Gasteiger partial charge on any atom is -0.508 e. The smallest absolute Gasteiger partial charge is 0.203 e. The van der Waals surface area contributed by atoms with Gasteiger partial charge >= 0.3 is 0 Å². The molecule has 0 fully saturated rings. The molecule has 0 radical (unpaired) electrons. The normalized spacial score (nSPS) is 23.5. The maximum atomic E-state index is 10.3. The number of fused-ring (bicyclic) bond motifs is 1. The molecule has 116 valence electrons. The number of aliphatic hydroxyl groups is 2. The second-order valence-electron chi connectivity index (χ2n) is 5.10. The van der Waals surface area contributed by atoms with Gasteiger partial charge in [-0.3, -0.25) is 0 Å². The van der Waals surface area contributed by atoms with E-state index < -0.39 is 18.3 Å². The van der Waals surface area contributed by atoms with Crippen molar-refractivity contribution in [1.29, 1.82) is 0 Å². The highest BCUT2D eigenvalue weighted by molar-refractivity contribution is 5.57. The van der Waals surface area contributed by atoms with Crippen LogP contribution in [0.2, 0.25) is 0 Å². The van der Waals surface area contributed by atoms with E-state index in [2.05, 4.69) is 0 Å². The molecule has 4 N–H and O–H groups in total. The Kier molecular flexibility index (Phi) is 3.56. The van der Waals surface area contributed by atoms with Crippen LogP contribution in [-0.2, 0) is 0 Å². The third kappa shape index (κ3) is 2.22. The summed E-state index contributed by atoms with van der Waals surface area (Å²) in [5, 5.41) is 39.8. The van der Waals surface area contributed by atoms with E-state index in [1.165, 1.54) is 31.4 Å². The van der Waals surface area contributed by atoms with E-state index in [4.69, 9.17) is 9.47 Å². The maximum Gasteiger partial charge on any atom is 0.203 e. The van der Waals surface area contributed by atoms with Crippen molar-refractivity contribution in [3.8, 4) is 23.0 Å². The van der Waals surface area contributed by atoms with Crippen LogP contribution in [-0.4, -0.2) is 33.6 Å². The van der Waals surface area contributed by atoms with Gasteiger partial charge in [0, 0.05) is 5.56 Å². The lowest BCUT2D eigenvalue weighted by Gasteiger charge is -2.35. The molecule has 0 saturated heterocycles. The van der Waals surface area contributed by atoms with Crippen molar-refractivity contribution < 1.29 is 29.9 Å². The molecular formula is C16H16O6. The highest BCUT2D eigenvalue weighted by Crippen LogP contribution is 2.49. The van der Waals surface area contributed by atoms with Gasteiger partial charge in [-0.25, -0.2) is 0 Å². The Hall–Kier alpha value is -2.44. The first-order valence-electron chi connectivity index (χ1n) is 6.74. The molecule has 1 aliphatic heterocycles. The minimum absolute atomic E-state index is 0.0882. The van der Waals surface area contributed by atoms with E-state index in [9.17, 15) is 20.4 Å². The zero-order valence-corrected chi connectivity index (χ0v) is 11.8. The van der Waals surface area contributed by atoms with Crippen molar-refractivity contribution in [3.63, 3.8) is 0 Å². The van der Waals surface area contributed by atoms with Crippen molar-refractivity contribution >= 4 is 0 Å². The Morgan fingerprint density at radius 2 is 1.68 bits per heavy atom. The largest absolute Gasteiger partial charge is 0.508 e. The molecule has 6 heteroatoms. The fourth-order valence-electron chi connectivity index (χ4n) is 2.59. The van der Waals surface area contributed by atoms with Crippen molar-refractivity contribution in [1.82, 2.24) is 0 Å². The lowest BCUT2D eigenvalue weighted by molar-refractivity contribution is -0.0710. The maximum absolute atomic E-state index is 10.3. The summed E-state index contributed by atoms with van der Waals surface area (Å²) in [6.07, 6.45) is -3.22. The average molecular weight is 304 g/mol. The Bertz CT molecular complexity index is 682. The fraction of sp³-hybridized carbons (Fsp3) is 0.250. The third-order valence-corrected chi connectivity index (χ3v) is 3.74. The standard InChI is InChI=1S/C16H16O6/c1-21-16-11(18)7-6-10-12(19)13(20)14(22-15(10)16)8-2-4-9(17)5-3-8/h2-7,12-14,17-20H,1H3/t12-,13+,14-/m1/s1. The number of hydrogen-bond donors (Lipinski definition) is 4. The van der Waals surface area contributed by atoms with Gasteiger partial charge in [0.2, 0.25) is 5.75 Å². The molecule has 3 rings (SSSR count). The summed E-state index contributed by atoms with van der Waals surface area (Å²) in [5.74, 6) is 0.269. The molecule has 1 aliphatic rings. The molecule has 2 aromatic carbocycles. The van der Waals surface area contributed by atoms with Crippen LogP contribution in [0.5, 0.6) is 23.0 Å². The van der Waals surface area contributed by atoms with E-state index in [-0.39, 0.29) is 23.0 Å². The van der Waals surface area contributed by atoms with Crippen LogP contribution in [0.4, 0.5) is 0 Å². The monoisotopic (exact) mass is 304 g/mol. The zero-order valence-electron chi connectivity index (χ0n) is 11.8. The molecule has 1 heterocycles. The van der Waals surface area contributed by atoms with Crippen LogP contribution in [0.25, 0.3) is 0 Å². The highest BCUT2D eigenvalue weighted by Gasteiger charge is 2.39. The molecule has 0 amide bonds. The molecule has 6 nitrogen and oxygen atoms in total. The van der Waals surface area contributed by atoms with Crippen LogP contribution < -0.4 is 9.47 Å². The SMILES string of the molecule is COc1c(O)ccc2c1O[C@H](c1ccc(O)cc1)[C@@H](O)[C@@H]2O. The van der Waals surface area contributed by atoms with E-state index in [0.717, 1.165) is 0 Å². The van der Waals surface area contributed by atoms with Crippen molar-refractivity contribution in [2.75, 3.05) is 7.11 Å². The van der Waals surface area contributed by atoms with Gasteiger partial charge < -0.3 is 29.9 Å². The van der Waals surface area contributed by atoms with Gasteiger partial charge in [0.15, 0.2) is 17.6 Å². The van der Waals surface area contributed by atoms with E-state index in [1.54, 1.807) is 12.1 Å². The lowest BCUT2D eigenvalue weighted by Crippen LogP contribution is -2.34. The number of phenols is 2. The van der Waals surface area contributed by atoms with Gasteiger partial charge in [-0.2, -0.15) is 0 Å². The quantitative estimate of drug-likeness (QED) is 0.673. The van der Waals surface area contributed by atoms with Gasteiger partial charge in [0.25, 0.3) is 0 Å². The second kappa shape index (κ2) is 5.40. The molecule has 0 unspecified atom stereocenters. The molecule has 0 aromatic heterocycles. The molecular weight excluding hydrogens is 288 g/mol. The number of hydrogen-bond acceptors (Lipinski definition) is 6. The minimum atomic E-state index is -1.19. The predicted octanol–water partition coefficient (Wildman–Crippen LogP) is 1.63. The molecule has 22 heavy (non-hydrogen) atoms. The number of phenolic OH excluding ortho intramolecular Hbond substituents is 2. The fourth-order valence-corrected chi connectivity index (χ4v) is 2.59. The Morgan fingerprint density at radius 3 is 2.32 bits per heavy atom. The number of ether oxygens (including phenoxy) is 2. The molecule has 0 aliphatic carbocycles. The molecule has 2 aromatic rings. The van der Waals surface area contributed by atoms with E-state index in [0.29, 0.717) is 11.1 Å². The summed E-state index contributed by atoms with van der Waals surface area (Å²) in [5.41, 5.74) is 0.928. The zero-order chi connectivity index (χ0) is 15.9. The summed E-state index contributed by atoms with van der Waals surface area (Å²) < 4.78 is 10.9. The number of benzene rings is 2. The molecule has 3 atom stereocenters. The van der Waals surface area contributed by atoms with E-state index >= 15 is 0 Å². The van der Waals surface area contributed by atoms with Crippen LogP contribution in [0.3, 0.4) is 0 Å². The number of aromatic hydroxyl groups is 2. The van der Waals surface area contributed by atoms with Crippen LogP contribution in [0, 0.1) is 0 Å². The summed E-state index contributed by atoms with van der Waals surface area (Å²) in [7, 11) is 1.38. The highest BCUT2D eigenvalue weighted by atomic mass is 16.5. The number of methoxy groups -OCH3 is 1. The number of rotatable bonds is 2. The van der Waals surface area contributed by atoms with Gasteiger partial charge in [-0.15, -0.1) is 0 Å². The number of aliphatic hydroxyl groups excluding tert-OH is 2. The van der Waals surface area contributed by atoms with E-state index in [1.807, 2.05) is 0 Å². The average Bonchev–Trinajstić information content (AvgIpc) is 2.51. The summed E-state index contributed by atoms with van der Waals surface area (Å²) >= 11 is 0. The Balaban J connectivity index is 2.07. The van der Waals surface area contributed by atoms with Crippen LogP contribution in [0.1, 0.15) is 23.3 Å². The molecule has 0 spiro atoms. The predicted molar refractivity (Wildman–Crippen MR) is 77.1 cm³/mol.